The van der Waals surface area contributed by atoms with E-state index >= 15 is 0 Å². The Labute approximate surface area is 114 Å². The lowest BCUT2D eigenvalue weighted by atomic mass is 10.3. The van der Waals surface area contributed by atoms with Crippen LogP contribution in [0.3, 0.4) is 0 Å². The minimum absolute atomic E-state index is 0.0202. The predicted octanol–water partition coefficient (Wildman–Crippen LogP) is 1.74. The van der Waals surface area contributed by atoms with Gasteiger partial charge in [-0.25, -0.2) is 9.59 Å². The molecule has 0 aliphatic carbocycles. The third-order valence-corrected chi connectivity index (χ3v) is 3.23. The summed E-state index contributed by atoms with van der Waals surface area (Å²) in [5.74, 6) is 0. The first-order chi connectivity index (χ1) is 8.21. The lowest BCUT2D eigenvalue weighted by Gasteiger charge is -2.32. The highest BCUT2D eigenvalue weighted by molar-refractivity contribution is 14.1. The number of halogens is 4. The van der Waals surface area contributed by atoms with E-state index in [2.05, 4.69) is 4.74 Å². The number of amides is 2. The number of piperazine rings is 1. The first kappa shape index (κ1) is 15.1. The second-order valence-electron chi connectivity index (χ2n) is 3.50. The largest absolute Gasteiger partial charge is 0.465 e. The van der Waals surface area contributed by atoms with Gasteiger partial charge in [0.1, 0.15) is 0 Å². The minimum Gasteiger partial charge on any atom is -0.465 e. The molecule has 10 heteroatoms. The summed E-state index contributed by atoms with van der Waals surface area (Å²) >= 11 is 0.975. The minimum atomic E-state index is -4.61. The van der Waals surface area contributed by atoms with Crippen molar-refractivity contribution in [1.29, 1.82) is 0 Å². The first-order valence-electron chi connectivity index (χ1n) is 4.86. The maximum absolute atomic E-state index is 12.2. The molecule has 0 bridgehead atoms. The van der Waals surface area contributed by atoms with Crippen molar-refractivity contribution in [3.8, 4) is 0 Å². The van der Waals surface area contributed by atoms with E-state index in [-0.39, 0.29) is 26.2 Å². The molecule has 1 heterocycles. The number of rotatable bonds is 1. The summed E-state index contributed by atoms with van der Waals surface area (Å²) in [6, 6.07) is 0. The average molecular weight is 382 g/mol. The van der Waals surface area contributed by atoms with Gasteiger partial charge in [0.05, 0.1) is 0 Å². The van der Waals surface area contributed by atoms with Crippen LogP contribution in [0.5, 0.6) is 0 Å². The van der Waals surface area contributed by atoms with Gasteiger partial charge in [-0.3, -0.25) is 0 Å². The smallest absolute Gasteiger partial charge is 0.435 e. The van der Waals surface area contributed by atoms with Gasteiger partial charge >= 0.3 is 18.4 Å². The Morgan fingerprint density at radius 1 is 1.17 bits per heavy atom. The van der Waals surface area contributed by atoms with Crippen LogP contribution in [0.2, 0.25) is 0 Å². The molecular weight excluding hydrogens is 372 g/mol. The van der Waals surface area contributed by atoms with Crippen LogP contribution in [0.1, 0.15) is 0 Å². The van der Waals surface area contributed by atoms with Crippen molar-refractivity contribution in [3.05, 3.63) is 0 Å². The van der Waals surface area contributed by atoms with Crippen LogP contribution in [0, 0.1) is 0 Å². The molecule has 1 N–H and O–H groups in total. The average Bonchev–Trinajstić information content (AvgIpc) is 2.27. The van der Waals surface area contributed by atoms with Gasteiger partial charge in [0.25, 0.3) is 0 Å². The molecule has 18 heavy (non-hydrogen) atoms. The van der Waals surface area contributed by atoms with E-state index in [1.807, 2.05) is 0 Å². The second-order valence-corrected chi connectivity index (χ2v) is 4.63. The zero-order valence-electron chi connectivity index (χ0n) is 8.98. The van der Waals surface area contributed by atoms with E-state index in [4.69, 9.17) is 5.11 Å². The van der Waals surface area contributed by atoms with Crippen molar-refractivity contribution >= 4 is 34.8 Å². The number of ether oxygens (including phenoxy) is 1. The lowest BCUT2D eigenvalue weighted by Crippen LogP contribution is -2.51. The van der Waals surface area contributed by atoms with E-state index in [9.17, 15) is 22.8 Å². The standard InChI is InChI=1S/C8H10F3IN2O4/c9-8(10,11)5(12)18-7(17)14-3-1-13(2-4-14)6(15)16/h5H,1-4H2,(H,15,16). The Bertz CT molecular complexity index is 331. The van der Waals surface area contributed by atoms with Crippen molar-refractivity contribution < 1.29 is 32.6 Å². The zero-order chi connectivity index (χ0) is 13.9. The van der Waals surface area contributed by atoms with Crippen LogP contribution in [0.4, 0.5) is 22.8 Å². The van der Waals surface area contributed by atoms with Gasteiger partial charge in [-0.15, -0.1) is 0 Å². The predicted molar refractivity (Wildman–Crippen MR) is 61.5 cm³/mol. The van der Waals surface area contributed by atoms with E-state index in [0.29, 0.717) is 0 Å². The van der Waals surface area contributed by atoms with E-state index in [1.165, 1.54) is 0 Å². The topological polar surface area (TPSA) is 70.1 Å². The molecular formula is C8H10F3IN2O4. The highest BCUT2D eigenvalue weighted by Crippen LogP contribution is 2.28. The van der Waals surface area contributed by atoms with Crippen LogP contribution < -0.4 is 0 Å². The van der Waals surface area contributed by atoms with Gasteiger partial charge in [-0.2, -0.15) is 13.2 Å². The van der Waals surface area contributed by atoms with Crippen LogP contribution in [-0.2, 0) is 4.74 Å². The number of carbonyl (C=O) groups excluding carboxylic acids is 1. The molecule has 0 aromatic rings. The molecule has 6 nitrogen and oxygen atoms in total. The number of hydrogen-bond donors (Lipinski definition) is 1. The van der Waals surface area contributed by atoms with Gasteiger partial charge in [-0.05, 0) is 22.6 Å². The van der Waals surface area contributed by atoms with Crippen molar-refractivity contribution in [1.82, 2.24) is 9.80 Å². The molecule has 0 aromatic heterocycles. The lowest BCUT2D eigenvalue weighted by molar-refractivity contribution is -0.170. The molecule has 1 unspecified atom stereocenters. The fourth-order valence-electron chi connectivity index (χ4n) is 1.31. The normalized spacial score (nSPS) is 18.4. The highest BCUT2D eigenvalue weighted by Gasteiger charge is 2.42. The van der Waals surface area contributed by atoms with Crippen LogP contribution in [-0.4, -0.2) is 63.6 Å². The summed E-state index contributed by atoms with van der Waals surface area (Å²) in [5, 5.41) is 8.66. The summed E-state index contributed by atoms with van der Waals surface area (Å²) < 4.78 is 38.5. The van der Waals surface area contributed by atoms with Gasteiger partial charge < -0.3 is 19.6 Å². The summed E-state index contributed by atoms with van der Waals surface area (Å²) in [6.07, 6.45) is -6.82. The summed E-state index contributed by atoms with van der Waals surface area (Å²) in [7, 11) is 0. The number of hydrogen-bond acceptors (Lipinski definition) is 3. The molecule has 104 valence electrons. The quantitative estimate of drug-likeness (QED) is 0.554. The van der Waals surface area contributed by atoms with E-state index in [0.717, 1.165) is 32.4 Å². The summed E-state index contributed by atoms with van der Waals surface area (Å²) in [4.78, 5) is 24.1. The van der Waals surface area contributed by atoms with Gasteiger partial charge in [-0.1, -0.05) is 0 Å². The molecule has 1 saturated heterocycles. The third kappa shape index (κ3) is 4.07. The maximum Gasteiger partial charge on any atom is 0.435 e. The number of nitrogens with zero attached hydrogens (tertiary/aromatic N) is 2. The zero-order valence-corrected chi connectivity index (χ0v) is 11.1. The molecule has 0 spiro atoms. The van der Waals surface area contributed by atoms with E-state index < -0.39 is 22.5 Å². The van der Waals surface area contributed by atoms with E-state index in [1.54, 1.807) is 0 Å². The van der Waals surface area contributed by atoms with Crippen LogP contribution in [0.25, 0.3) is 0 Å². The Balaban J connectivity index is 2.43. The fourth-order valence-corrected chi connectivity index (χ4v) is 1.53. The molecule has 1 aliphatic rings. The molecule has 0 saturated carbocycles. The van der Waals surface area contributed by atoms with Crippen molar-refractivity contribution in [2.75, 3.05) is 26.2 Å². The second kappa shape index (κ2) is 5.80. The van der Waals surface area contributed by atoms with Crippen LogP contribution >= 0.6 is 22.6 Å². The molecule has 1 rings (SSSR count). The molecule has 1 aliphatic heterocycles. The Morgan fingerprint density at radius 3 is 2.00 bits per heavy atom. The summed E-state index contributed by atoms with van der Waals surface area (Å²) in [6.45, 7) is 0.156. The SMILES string of the molecule is O=C(O)N1CCN(C(=O)OC(I)C(F)(F)F)CC1. The third-order valence-electron chi connectivity index (χ3n) is 2.27. The number of carbonyl (C=O) groups is 2. The van der Waals surface area contributed by atoms with Gasteiger partial charge in [0, 0.05) is 26.2 Å². The Hall–Kier alpha value is -0.940. The van der Waals surface area contributed by atoms with Gasteiger partial charge in [0.15, 0.2) is 0 Å². The van der Waals surface area contributed by atoms with Crippen molar-refractivity contribution in [2.24, 2.45) is 0 Å². The summed E-state index contributed by atoms with van der Waals surface area (Å²) in [5.41, 5.74) is 0. The molecule has 0 aromatic carbocycles. The number of carboxylic acid groups (broad SMARTS) is 1. The molecule has 1 atom stereocenters. The van der Waals surface area contributed by atoms with Crippen LogP contribution in [0.15, 0.2) is 0 Å². The molecule has 1 fully saturated rings. The van der Waals surface area contributed by atoms with Gasteiger partial charge in [0.2, 0.25) is 4.11 Å². The Morgan fingerprint density at radius 2 is 1.61 bits per heavy atom. The first-order valence-corrected chi connectivity index (χ1v) is 6.10. The fraction of sp³-hybridized carbons (Fsp3) is 0.750. The van der Waals surface area contributed by atoms with Crippen molar-refractivity contribution in [3.63, 3.8) is 0 Å². The Kier molecular flexibility index (Phi) is 4.87. The maximum atomic E-state index is 12.2. The highest BCUT2D eigenvalue weighted by atomic mass is 127. The monoisotopic (exact) mass is 382 g/mol. The molecule has 0 radical (unpaired) electrons. The molecule has 2 amide bonds. The van der Waals surface area contributed by atoms with Crippen molar-refractivity contribution in [2.45, 2.75) is 10.3 Å². The number of alkyl halides is 4.